The van der Waals surface area contributed by atoms with Crippen molar-refractivity contribution in [3.8, 4) is 0 Å². The number of hydrogen-bond donors (Lipinski definition) is 1. The highest BCUT2D eigenvalue weighted by molar-refractivity contribution is 8.01. The zero-order valence-corrected chi connectivity index (χ0v) is 14.5. The van der Waals surface area contributed by atoms with E-state index in [4.69, 9.17) is 4.74 Å². The van der Waals surface area contributed by atoms with Crippen LogP contribution in [0.2, 0.25) is 0 Å². The maximum atomic E-state index is 12.4. The number of thioether (sulfide) groups is 1. The molecule has 0 fully saturated rings. The smallest absolute Gasteiger partial charge is 0.266 e. The molecule has 3 nitrogen and oxygen atoms in total. The number of benzene rings is 1. The summed E-state index contributed by atoms with van der Waals surface area (Å²) in [4.78, 5) is 12.4. The third-order valence-electron chi connectivity index (χ3n) is 3.64. The van der Waals surface area contributed by atoms with Crippen molar-refractivity contribution in [1.29, 1.82) is 0 Å². The van der Waals surface area contributed by atoms with Gasteiger partial charge in [0.25, 0.3) is 5.91 Å². The van der Waals surface area contributed by atoms with Crippen LogP contribution in [0, 0.1) is 11.3 Å². The van der Waals surface area contributed by atoms with E-state index in [1.807, 2.05) is 25.1 Å². The Morgan fingerprint density at radius 1 is 1.41 bits per heavy atom. The normalized spacial score (nSPS) is 19.3. The fourth-order valence-corrected chi connectivity index (χ4v) is 3.41. The average Bonchev–Trinajstić information content (AvgIpc) is 2.47. The highest BCUT2D eigenvalue weighted by atomic mass is 32.2. The van der Waals surface area contributed by atoms with Gasteiger partial charge < -0.3 is 10.1 Å². The molecule has 1 radical (unpaired) electrons. The molecule has 1 aliphatic heterocycles. The number of anilines is 1. The summed E-state index contributed by atoms with van der Waals surface area (Å²) >= 11 is 1.50. The number of para-hydroxylation sites is 1. The van der Waals surface area contributed by atoms with Crippen molar-refractivity contribution in [3.05, 3.63) is 41.0 Å². The number of allylic oxidation sites excluding steroid dienone is 1. The Hall–Kier alpha value is -1.42. The Morgan fingerprint density at radius 3 is 2.82 bits per heavy atom. The fourth-order valence-electron chi connectivity index (χ4n) is 2.71. The van der Waals surface area contributed by atoms with Crippen molar-refractivity contribution in [2.45, 2.75) is 46.1 Å². The first-order valence-corrected chi connectivity index (χ1v) is 8.73. The highest BCUT2D eigenvalue weighted by Crippen LogP contribution is 2.30. The molecule has 0 spiro atoms. The van der Waals surface area contributed by atoms with Gasteiger partial charge in [-0.25, -0.2) is 0 Å². The van der Waals surface area contributed by atoms with Crippen LogP contribution in [0.3, 0.4) is 0 Å². The molecular weight excluding hydrogens is 294 g/mol. The molecule has 0 saturated heterocycles. The van der Waals surface area contributed by atoms with Gasteiger partial charge in [0, 0.05) is 11.4 Å². The predicted octanol–water partition coefficient (Wildman–Crippen LogP) is 4.57. The topological polar surface area (TPSA) is 38.3 Å². The summed E-state index contributed by atoms with van der Waals surface area (Å²) in [6.07, 6.45) is 0.652. The Balaban J connectivity index is 2.09. The second-order valence-electron chi connectivity index (χ2n) is 6.18. The summed E-state index contributed by atoms with van der Waals surface area (Å²) in [5, 5.41) is 6.05. The first-order chi connectivity index (χ1) is 10.5. The lowest BCUT2D eigenvalue weighted by Gasteiger charge is -2.23. The van der Waals surface area contributed by atoms with Gasteiger partial charge in [0.2, 0.25) is 0 Å². The number of rotatable bonds is 5. The van der Waals surface area contributed by atoms with Gasteiger partial charge in [-0.15, -0.1) is 11.8 Å². The van der Waals surface area contributed by atoms with Gasteiger partial charge in [-0.2, -0.15) is 0 Å². The van der Waals surface area contributed by atoms with E-state index in [2.05, 4.69) is 37.6 Å². The molecule has 4 heteroatoms. The molecule has 0 saturated carbocycles. The average molecular weight is 318 g/mol. The first kappa shape index (κ1) is 16.9. The van der Waals surface area contributed by atoms with Crippen LogP contribution in [0.1, 0.15) is 45.6 Å². The molecule has 1 aromatic rings. The SMILES string of the molecule is CC1=[C]SCC(C(=O)Nc2ccccc2C(C)CC(C)C)O1. The van der Waals surface area contributed by atoms with E-state index in [0.717, 1.165) is 12.1 Å². The standard InChI is InChI=1S/C18H24NO2S/c1-12(2)9-13(3)15-7-5-6-8-16(15)19-18(20)17-11-22-10-14(4)21-17/h5-8,12-13,17H,9,11H2,1-4H3,(H,19,20). The Kier molecular flexibility index (Phi) is 5.95. The molecular formula is C18H24NO2S. The van der Waals surface area contributed by atoms with Crippen molar-refractivity contribution in [3.63, 3.8) is 0 Å². The van der Waals surface area contributed by atoms with E-state index < -0.39 is 6.10 Å². The van der Waals surface area contributed by atoms with Crippen molar-refractivity contribution in [2.75, 3.05) is 11.1 Å². The summed E-state index contributed by atoms with van der Waals surface area (Å²) in [6, 6.07) is 8.04. The van der Waals surface area contributed by atoms with Crippen LogP contribution < -0.4 is 5.32 Å². The highest BCUT2D eigenvalue weighted by Gasteiger charge is 2.24. The second kappa shape index (κ2) is 7.73. The van der Waals surface area contributed by atoms with Crippen molar-refractivity contribution in [2.24, 2.45) is 5.92 Å². The molecule has 1 amide bonds. The molecule has 0 aromatic heterocycles. The molecule has 0 bridgehead atoms. The van der Waals surface area contributed by atoms with Crippen molar-refractivity contribution in [1.82, 2.24) is 0 Å². The molecule has 1 aromatic carbocycles. The summed E-state index contributed by atoms with van der Waals surface area (Å²) in [5.74, 6) is 2.23. The zero-order chi connectivity index (χ0) is 16.1. The summed E-state index contributed by atoms with van der Waals surface area (Å²) in [7, 11) is 0. The van der Waals surface area contributed by atoms with E-state index in [0.29, 0.717) is 23.3 Å². The molecule has 1 heterocycles. The lowest BCUT2D eigenvalue weighted by molar-refractivity contribution is -0.124. The Morgan fingerprint density at radius 2 is 2.14 bits per heavy atom. The third kappa shape index (κ3) is 4.54. The summed E-state index contributed by atoms with van der Waals surface area (Å²) in [6.45, 7) is 8.47. The molecule has 0 aliphatic carbocycles. The number of carbonyl (C=O) groups excluding carboxylic acids is 1. The first-order valence-electron chi connectivity index (χ1n) is 7.75. The van der Waals surface area contributed by atoms with E-state index in [-0.39, 0.29) is 5.91 Å². The largest absolute Gasteiger partial charge is 0.483 e. The number of amides is 1. The lowest BCUT2D eigenvalue weighted by atomic mass is 9.91. The zero-order valence-electron chi connectivity index (χ0n) is 13.7. The third-order valence-corrected chi connectivity index (χ3v) is 4.54. The minimum absolute atomic E-state index is 0.0856. The van der Waals surface area contributed by atoms with E-state index in [1.165, 1.54) is 17.3 Å². The number of nitrogens with one attached hydrogen (secondary N) is 1. The van der Waals surface area contributed by atoms with Crippen LogP contribution in [0.25, 0.3) is 0 Å². The Labute approximate surface area is 137 Å². The van der Waals surface area contributed by atoms with Crippen molar-refractivity contribution < 1.29 is 9.53 Å². The van der Waals surface area contributed by atoms with Gasteiger partial charge in [-0.1, -0.05) is 39.0 Å². The molecule has 22 heavy (non-hydrogen) atoms. The van der Waals surface area contributed by atoms with Gasteiger partial charge in [-0.05, 0) is 36.8 Å². The maximum absolute atomic E-state index is 12.4. The van der Waals surface area contributed by atoms with E-state index in [9.17, 15) is 4.79 Å². The lowest BCUT2D eigenvalue weighted by Crippen LogP contribution is -2.33. The van der Waals surface area contributed by atoms with Crippen LogP contribution in [-0.2, 0) is 9.53 Å². The molecule has 119 valence electrons. The summed E-state index contributed by atoms with van der Waals surface area (Å²) in [5.41, 5.74) is 2.08. The van der Waals surface area contributed by atoms with Gasteiger partial charge in [0.15, 0.2) is 6.10 Å². The molecule has 1 aliphatic rings. The molecule has 2 atom stereocenters. The molecule has 2 rings (SSSR count). The van der Waals surface area contributed by atoms with Crippen LogP contribution >= 0.6 is 11.8 Å². The van der Waals surface area contributed by atoms with Crippen LogP contribution in [0.4, 0.5) is 5.69 Å². The van der Waals surface area contributed by atoms with Crippen LogP contribution in [0.5, 0.6) is 0 Å². The minimum atomic E-state index is -0.445. The van der Waals surface area contributed by atoms with Gasteiger partial charge in [-0.3, -0.25) is 4.79 Å². The van der Waals surface area contributed by atoms with Gasteiger partial charge in [0.05, 0.1) is 5.41 Å². The molecule has 2 unspecified atom stereocenters. The Bertz CT molecular complexity index is 554. The summed E-state index contributed by atoms with van der Waals surface area (Å²) < 4.78 is 5.56. The number of hydrogen-bond acceptors (Lipinski definition) is 3. The van der Waals surface area contributed by atoms with E-state index >= 15 is 0 Å². The van der Waals surface area contributed by atoms with Gasteiger partial charge in [0.1, 0.15) is 5.76 Å². The van der Waals surface area contributed by atoms with E-state index in [1.54, 1.807) is 0 Å². The van der Waals surface area contributed by atoms with Crippen LogP contribution in [-0.4, -0.2) is 17.8 Å². The van der Waals surface area contributed by atoms with Crippen LogP contribution in [0.15, 0.2) is 30.0 Å². The monoisotopic (exact) mass is 318 g/mol. The number of carbonyl (C=O) groups is 1. The molecule has 1 N–H and O–H groups in total. The maximum Gasteiger partial charge on any atom is 0.266 e. The fraction of sp³-hybridized carbons (Fsp3) is 0.500. The second-order valence-corrected chi connectivity index (χ2v) is 7.01. The minimum Gasteiger partial charge on any atom is -0.483 e. The quantitative estimate of drug-likeness (QED) is 0.864. The number of ether oxygens (including phenoxy) is 1. The van der Waals surface area contributed by atoms with Crippen molar-refractivity contribution >= 4 is 23.4 Å². The van der Waals surface area contributed by atoms with Gasteiger partial charge >= 0.3 is 0 Å². The predicted molar refractivity (Wildman–Crippen MR) is 92.7 cm³/mol.